The van der Waals surface area contributed by atoms with Crippen LogP contribution in [0, 0.1) is 17.2 Å². The Bertz CT molecular complexity index is 594. The molecule has 0 bridgehead atoms. The van der Waals surface area contributed by atoms with Crippen LogP contribution in [0.5, 0.6) is 0 Å². The predicted octanol–water partition coefficient (Wildman–Crippen LogP) is 2.18. The van der Waals surface area contributed by atoms with E-state index in [0.717, 1.165) is 39.2 Å². The molecule has 0 N–H and O–H groups in total. The molecule has 2 aliphatic rings. The number of hydrogen-bond acceptors (Lipinski definition) is 3. The number of nitrogens with zero attached hydrogens (tertiary/aromatic N) is 2. The second-order valence-electron chi connectivity index (χ2n) is 7.37. The minimum atomic E-state index is -0.222. The highest BCUT2D eigenvalue weighted by molar-refractivity contribution is 5.76. The zero-order chi connectivity index (χ0) is 17.2. The third-order valence-corrected chi connectivity index (χ3v) is 5.65. The van der Waals surface area contributed by atoms with E-state index in [-0.39, 0.29) is 17.1 Å². The van der Waals surface area contributed by atoms with Crippen molar-refractivity contribution < 1.29 is 13.9 Å². The summed E-state index contributed by atoms with van der Waals surface area (Å²) in [6.07, 6.45) is 1.88. The van der Waals surface area contributed by atoms with Gasteiger partial charge in [0.05, 0.1) is 6.61 Å². The van der Waals surface area contributed by atoms with Gasteiger partial charge in [0.15, 0.2) is 0 Å². The molecule has 2 atom stereocenters. The van der Waals surface area contributed by atoms with Gasteiger partial charge in [-0.15, -0.1) is 0 Å². The van der Waals surface area contributed by atoms with Crippen molar-refractivity contribution in [2.45, 2.75) is 19.3 Å². The fraction of sp³-hybridized carbons (Fsp3) is 0.632. The van der Waals surface area contributed by atoms with Crippen molar-refractivity contribution in [1.29, 1.82) is 0 Å². The zero-order valence-corrected chi connectivity index (χ0v) is 14.6. The zero-order valence-electron chi connectivity index (χ0n) is 14.6. The Hall–Kier alpha value is -1.46. The van der Waals surface area contributed by atoms with Gasteiger partial charge in [-0.1, -0.05) is 18.2 Å². The summed E-state index contributed by atoms with van der Waals surface area (Å²) in [5, 5.41) is 0. The van der Waals surface area contributed by atoms with E-state index in [1.165, 1.54) is 6.07 Å². The van der Waals surface area contributed by atoms with E-state index in [2.05, 4.69) is 11.9 Å². The fourth-order valence-corrected chi connectivity index (χ4v) is 4.40. The molecule has 1 amide bonds. The lowest BCUT2D eigenvalue weighted by atomic mass is 9.77. The van der Waals surface area contributed by atoms with Gasteiger partial charge >= 0.3 is 0 Å². The number of hydrogen-bond donors (Lipinski definition) is 0. The predicted molar refractivity (Wildman–Crippen MR) is 91.2 cm³/mol. The molecule has 132 valence electrons. The number of carbonyl (C=O) groups is 1. The first-order chi connectivity index (χ1) is 11.5. The average molecular weight is 334 g/mol. The van der Waals surface area contributed by atoms with E-state index in [1.807, 2.05) is 11.0 Å². The van der Waals surface area contributed by atoms with Gasteiger partial charge in [-0.05, 0) is 31.5 Å². The van der Waals surface area contributed by atoms with Crippen LogP contribution in [0.3, 0.4) is 0 Å². The minimum Gasteiger partial charge on any atom is -0.384 e. The molecule has 2 heterocycles. The van der Waals surface area contributed by atoms with Gasteiger partial charge in [0.1, 0.15) is 5.82 Å². The van der Waals surface area contributed by atoms with Crippen molar-refractivity contribution in [2.75, 3.05) is 46.9 Å². The molecule has 4 nitrogen and oxygen atoms in total. The fourth-order valence-electron chi connectivity index (χ4n) is 4.40. The molecule has 0 aliphatic carbocycles. The first-order valence-electron chi connectivity index (χ1n) is 8.73. The Labute approximate surface area is 143 Å². The molecule has 1 aromatic carbocycles. The third kappa shape index (κ3) is 3.47. The first-order valence-corrected chi connectivity index (χ1v) is 8.73. The maximum Gasteiger partial charge on any atom is 0.222 e. The molecule has 24 heavy (non-hydrogen) atoms. The number of benzene rings is 1. The number of carbonyl (C=O) groups excluding carboxylic acids is 1. The lowest BCUT2D eigenvalue weighted by molar-refractivity contribution is -0.130. The van der Waals surface area contributed by atoms with Crippen LogP contribution >= 0.6 is 0 Å². The third-order valence-electron chi connectivity index (χ3n) is 5.65. The highest BCUT2D eigenvalue weighted by atomic mass is 19.1. The first kappa shape index (κ1) is 17.4. The van der Waals surface area contributed by atoms with Gasteiger partial charge < -0.3 is 14.5 Å². The smallest absolute Gasteiger partial charge is 0.222 e. The SMILES string of the molecule is COC[C@@H]1CN(C)C[C@@]12CCN(C(=O)CCc1ccccc1F)C2. The summed E-state index contributed by atoms with van der Waals surface area (Å²) in [5.74, 6) is 0.401. The molecule has 0 aromatic heterocycles. The number of amides is 1. The highest BCUT2D eigenvalue weighted by Gasteiger charge is 2.50. The van der Waals surface area contributed by atoms with Crippen LogP contribution < -0.4 is 0 Å². The number of methoxy groups -OCH3 is 1. The van der Waals surface area contributed by atoms with Crippen molar-refractivity contribution in [3.8, 4) is 0 Å². The van der Waals surface area contributed by atoms with E-state index in [4.69, 9.17) is 4.74 Å². The summed E-state index contributed by atoms with van der Waals surface area (Å²) in [7, 11) is 3.89. The summed E-state index contributed by atoms with van der Waals surface area (Å²) in [6.45, 7) is 4.43. The summed E-state index contributed by atoms with van der Waals surface area (Å²) in [5.41, 5.74) is 0.788. The van der Waals surface area contributed by atoms with Gasteiger partial charge in [-0.2, -0.15) is 0 Å². The standard InChI is InChI=1S/C19H27FN2O2/c1-21-11-16(12-24-2)19(13-21)9-10-22(14-19)18(23)8-7-15-5-3-4-6-17(15)20/h3-6,16H,7-14H2,1-2H3/t16-,19+/m0/s1. The molecule has 0 saturated carbocycles. The van der Waals surface area contributed by atoms with E-state index >= 15 is 0 Å². The molecular weight excluding hydrogens is 307 g/mol. The average Bonchev–Trinajstić information content (AvgIpc) is 3.11. The molecular formula is C19H27FN2O2. The number of likely N-dealkylation sites (tertiary alicyclic amines) is 2. The van der Waals surface area contributed by atoms with Crippen LogP contribution in [0.2, 0.25) is 0 Å². The summed E-state index contributed by atoms with van der Waals surface area (Å²) < 4.78 is 19.1. The van der Waals surface area contributed by atoms with E-state index < -0.39 is 0 Å². The Morgan fingerprint density at radius 2 is 2.17 bits per heavy atom. The van der Waals surface area contributed by atoms with Gasteiger partial charge in [0, 0.05) is 51.0 Å². The number of aryl methyl sites for hydroxylation is 1. The molecule has 3 rings (SSSR count). The van der Waals surface area contributed by atoms with Gasteiger partial charge in [-0.3, -0.25) is 4.79 Å². The Morgan fingerprint density at radius 3 is 2.92 bits per heavy atom. The van der Waals surface area contributed by atoms with Gasteiger partial charge in [-0.25, -0.2) is 4.39 Å². The van der Waals surface area contributed by atoms with Crippen molar-refractivity contribution >= 4 is 5.91 Å². The molecule has 5 heteroatoms. The molecule has 1 spiro atoms. The van der Waals surface area contributed by atoms with Crippen LogP contribution in [0.1, 0.15) is 18.4 Å². The molecule has 2 saturated heterocycles. The largest absolute Gasteiger partial charge is 0.384 e. The van der Waals surface area contributed by atoms with Gasteiger partial charge in [0.25, 0.3) is 0 Å². The lowest BCUT2D eigenvalue weighted by Crippen LogP contribution is -2.38. The van der Waals surface area contributed by atoms with Crippen molar-refractivity contribution in [1.82, 2.24) is 9.80 Å². The second-order valence-corrected chi connectivity index (χ2v) is 7.37. The summed E-state index contributed by atoms with van der Waals surface area (Å²) in [6, 6.07) is 6.71. The van der Waals surface area contributed by atoms with Crippen molar-refractivity contribution in [3.63, 3.8) is 0 Å². The van der Waals surface area contributed by atoms with Crippen LogP contribution in [-0.4, -0.2) is 62.7 Å². The monoisotopic (exact) mass is 334 g/mol. The Morgan fingerprint density at radius 1 is 1.38 bits per heavy atom. The molecule has 0 unspecified atom stereocenters. The Balaban J connectivity index is 1.59. The normalized spacial score (nSPS) is 27.3. The van der Waals surface area contributed by atoms with Crippen LogP contribution in [0.4, 0.5) is 4.39 Å². The molecule has 2 aliphatic heterocycles. The highest BCUT2D eigenvalue weighted by Crippen LogP contribution is 2.43. The maximum atomic E-state index is 13.7. The van der Waals surface area contributed by atoms with Crippen molar-refractivity contribution in [2.24, 2.45) is 11.3 Å². The van der Waals surface area contributed by atoms with Crippen LogP contribution in [-0.2, 0) is 16.0 Å². The molecule has 2 fully saturated rings. The minimum absolute atomic E-state index is 0.140. The molecule has 1 aromatic rings. The maximum absolute atomic E-state index is 13.7. The van der Waals surface area contributed by atoms with Gasteiger partial charge in [0.2, 0.25) is 5.91 Å². The quantitative estimate of drug-likeness (QED) is 0.827. The molecule has 0 radical (unpaired) electrons. The summed E-state index contributed by atoms with van der Waals surface area (Å²) >= 11 is 0. The topological polar surface area (TPSA) is 32.8 Å². The summed E-state index contributed by atoms with van der Waals surface area (Å²) in [4.78, 5) is 16.9. The second kappa shape index (κ2) is 7.19. The van der Waals surface area contributed by atoms with Crippen LogP contribution in [0.15, 0.2) is 24.3 Å². The number of rotatable bonds is 5. The van der Waals surface area contributed by atoms with E-state index in [9.17, 15) is 9.18 Å². The number of ether oxygens (including phenoxy) is 1. The van der Waals surface area contributed by atoms with E-state index in [0.29, 0.717) is 24.3 Å². The van der Waals surface area contributed by atoms with Crippen LogP contribution in [0.25, 0.3) is 0 Å². The lowest BCUT2D eigenvalue weighted by Gasteiger charge is -2.30. The van der Waals surface area contributed by atoms with Crippen molar-refractivity contribution in [3.05, 3.63) is 35.6 Å². The van der Waals surface area contributed by atoms with E-state index in [1.54, 1.807) is 19.2 Å². The Kier molecular flexibility index (Phi) is 5.21. The number of halogens is 1.